The summed E-state index contributed by atoms with van der Waals surface area (Å²) in [6, 6.07) is 53.6. The van der Waals surface area contributed by atoms with Gasteiger partial charge in [0.25, 0.3) is 0 Å². The molecular weight excluding hydrogens is 717 g/mol. The highest BCUT2D eigenvalue weighted by atomic mass is 15.1. The first-order valence-corrected chi connectivity index (χ1v) is 20.8. The Kier molecular flexibility index (Phi) is 5.92. The molecule has 14 rings (SSSR count). The fourth-order valence-corrected chi connectivity index (χ4v) is 11.6. The molecular formula is C55H36N4. The predicted octanol–water partition coefficient (Wildman–Crippen LogP) is 13.7. The van der Waals surface area contributed by atoms with Crippen molar-refractivity contribution in [2.75, 3.05) is 0 Å². The maximum atomic E-state index is 5.79. The van der Waals surface area contributed by atoms with Crippen LogP contribution < -0.4 is 0 Å². The van der Waals surface area contributed by atoms with E-state index in [1.54, 1.807) is 0 Å². The Hall–Kier alpha value is -7.30. The molecule has 3 aliphatic rings. The fourth-order valence-electron chi connectivity index (χ4n) is 11.6. The van der Waals surface area contributed by atoms with Crippen LogP contribution in [0.1, 0.15) is 48.1 Å². The summed E-state index contributed by atoms with van der Waals surface area (Å²) in [5.41, 5.74) is 16.0. The van der Waals surface area contributed by atoms with Crippen molar-refractivity contribution in [2.45, 2.75) is 31.1 Å². The zero-order valence-corrected chi connectivity index (χ0v) is 32.6. The minimum Gasteiger partial charge on any atom is -0.311 e. The van der Waals surface area contributed by atoms with E-state index in [-0.39, 0.29) is 17.3 Å². The third-order valence-corrected chi connectivity index (χ3v) is 14.0. The van der Waals surface area contributed by atoms with Crippen molar-refractivity contribution >= 4 is 59.8 Å². The van der Waals surface area contributed by atoms with E-state index >= 15 is 0 Å². The second-order valence-electron chi connectivity index (χ2n) is 17.2. The van der Waals surface area contributed by atoms with Gasteiger partial charge >= 0.3 is 0 Å². The molecule has 0 fully saturated rings. The molecule has 0 bridgehead atoms. The first kappa shape index (κ1) is 31.7. The summed E-state index contributed by atoms with van der Waals surface area (Å²) in [4.78, 5) is 11.2. The summed E-state index contributed by atoms with van der Waals surface area (Å²) in [7, 11) is 0. The average molecular weight is 753 g/mol. The summed E-state index contributed by atoms with van der Waals surface area (Å²) in [6.07, 6.45) is 9.39. The van der Waals surface area contributed by atoms with Gasteiger partial charge in [0.15, 0.2) is 5.82 Å². The fraction of sp³-hybridized carbons (Fsp3) is 0.0909. The van der Waals surface area contributed by atoms with Crippen LogP contribution in [-0.2, 0) is 5.41 Å². The largest absolute Gasteiger partial charge is 0.311 e. The number of hydrogen-bond donors (Lipinski definition) is 0. The number of allylic oxidation sites excluding steroid dienone is 4. The number of nitrogens with zero attached hydrogens (tertiary/aromatic N) is 4. The zero-order valence-electron chi connectivity index (χ0n) is 32.6. The number of benzene rings is 7. The Morgan fingerprint density at radius 2 is 1.22 bits per heavy atom. The highest BCUT2D eigenvalue weighted by molar-refractivity contribution is 6.21. The number of hydrogen-bond acceptors (Lipinski definition) is 2. The molecule has 3 aliphatic carbocycles. The summed E-state index contributed by atoms with van der Waals surface area (Å²) in [5, 5.41) is 8.72. The average Bonchev–Trinajstić information content (AvgIpc) is 4.00. The topological polar surface area (TPSA) is 35.1 Å². The predicted molar refractivity (Wildman–Crippen MR) is 243 cm³/mol. The third-order valence-electron chi connectivity index (χ3n) is 14.0. The second-order valence-corrected chi connectivity index (χ2v) is 17.2. The van der Waals surface area contributed by atoms with Gasteiger partial charge in [-0.2, -0.15) is 0 Å². The molecule has 0 aliphatic heterocycles. The molecule has 0 saturated heterocycles. The smallest absolute Gasteiger partial charge is 0.162 e. The molecule has 4 heteroatoms. The van der Waals surface area contributed by atoms with E-state index in [1.165, 1.54) is 88.1 Å². The van der Waals surface area contributed by atoms with E-state index in [4.69, 9.17) is 9.97 Å². The molecule has 4 aromatic heterocycles. The van der Waals surface area contributed by atoms with E-state index < -0.39 is 0 Å². The van der Waals surface area contributed by atoms with Gasteiger partial charge in [-0.1, -0.05) is 159 Å². The lowest BCUT2D eigenvalue weighted by molar-refractivity contribution is 0.660. The molecule has 4 heterocycles. The minimum atomic E-state index is -0.135. The van der Waals surface area contributed by atoms with Gasteiger partial charge in [0.05, 0.1) is 27.8 Å². The first-order chi connectivity index (χ1) is 29.1. The molecule has 11 aromatic rings. The van der Waals surface area contributed by atoms with Crippen molar-refractivity contribution in [3.63, 3.8) is 0 Å². The van der Waals surface area contributed by atoms with Crippen molar-refractivity contribution < 1.29 is 0 Å². The Morgan fingerprint density at radius 3 is 2.14 bits per heavy atom. The van der Waals surface area contributed by atoms with Crippen LogP contribution in [0.3, 0.4) is 0 Å². The van der Waals surface area contributed by atoms with Gasteiger partial charge in [-0.05, 0) is 62.9 Å². The maximum absolute atomic E-state index is 5.79. The van der Waals surface area contributed by atoms with Gasteiger partial charge in [0.2, 0.25) is 0 Å². The lowest BCUT2D eigenvalue weighted by atomic mass is 9.73. The van der Waals surface area contributed by atoms with Crippen molar-refractivity contribution in [3.05, 3.63) is 192 Å². The number of para-hydroxylation sites is 3. The molecule has 276 valence electrons. The SMILES string of the molecule is CC1(C)c2ccccc2-c2c(-c3nc(-n4c5c(c6c7ccccc7ccc64)C4C=CC=CC4c4c-5c5cccc6c7ccccc7n4c56)c4ccccc4n3)cccc21. The molecule has 0 radical (unpaired) electrons. The molecule has 59 heavy (non-hydrogen) atoms. The van der Waals surface area contributed by atoms with Crippen LogP contribution in [0.2, 0.25) is 0 Å². The van der Waals surface area contributed by atoms with Gasteiger partial charge in [-0.3, -0.25) is 4.57 Å². The van der Waals surface area contributed by atoms with Gasteiger partial charge in [0, 0.05) is 61.0 Å². The van der Waals surface area contributed by atoms with Gasteiger partial charge in [-0.15, -0.1) is 0 Å². The van der Waals surface area contributed by atoms with Crippen LogP contribution in [0.25, 0.3) is 99.4 Å². The summed E-state index contributed by atoms with van der Waals surface area (Å²) < 4.78 is 5.12. The number of fused-ring (bicyclic) bond motifs is 19. The van der Waals surface area contributed by atoms with Crippen LogP contribution >= 0.6 is 0 Å². The summed E-state index contributed by atoms with van der Waals surface area (Å²) >= 11 is 0. The normalized spacial score (nSPS) is 17.3. The number of aromatic nitrogens is 4. The summed E-state index contributed by atoms with van der Waals surface area (Å²) in [6.45, 7) is 4.68. The molecule has 0 amide bonds. The Balaban J connectivity index is 1.18. The van der Waals surface area contributed by atoms with Crippen LogP contribution in [0, 0.1) is 0 Å². The lowest BCUT2D eigenvalue weighted by Gasteiger charge is -2.32. The zero-order chi connectivity index (χ0) is 38.7. The van der Waals surface area contributed by atoms with E-state index in [0.717, 1.165) is 33.6 Å². The molecule has 2 atom stereocenters. The van der Waals surface area contributed by atoms with Crippen LogP contribution in [0.15, 0.2) is 170 Å². The van der Waals surface area contributed by atoms with E-state index in [0.29, 0.717) is 0 Å². The molecule has 0 saturated carbocycles. The van der Waals surface area contributed by atoms with Crippen LogP contribution in [0.4, 0.5) is 0 Å². The van der Waals surface area contributed by atoms with Crippen molar-refractivity contribution in [2.24, 2.45) is 0 Å². The monoisotopic (exact) mass is 752 g/mol. The number of rotatable bonds is 2. The standard InChI is InChI=1S/C55H36N4/c1-55(2)41-25-10-7-20-37(41)46-40(24-14-26-42(46)55)53-56-43-27-11-8-21-38(43)54(57-53)59-45-30-29-31-15-3-4-16-32(31)47(45)48-34-18-5-6-19-36(34)51-49(52(48)59)39-23-13-22-35-33-17-9-12-28-44(33)58(51)50(35)39/h3-30,34,36H,1-2H3. The molecule has 0 N–H and O–H groups in total. The van der Waals surface area contributed by atoms with Gasteiger partial charge < -0.3 is 4.40 Å². The molecule has 4 nitrogen and oxygen atoms in total. The van der Waals surface area contributed by atoms with Crippen molar-refractivity contribution in [3.8, 4) is 39.6 Å². The third kappa shape index (κ3) is 3.85. The van der Waals surface area contributed by atoms with E-state index in [9.17, 15) is 0 Å². The second kappa shape index (κ2) is 11.0. The van der Waals surface area contributed by atoms with Crippen molar-refractivity contribution in [1.29, 1.82) is 0 Å². The highest BCUT2D eigenvalue weighted by Gasteiger charge is 2.42. The molecule has 0 spiro atoms. The van der Waals surface area contributed by atoms with E-state index in [2.05, 4.69) is 193 Å². The Morgan fingerprint density at radius 1 is 0.525 bits per heavy atom. The molecule has 7 aromatic carbocycles. The minimum absolute atomic E-state index is 0.123. The molecule has 2 unspecified atom stereocenters. The highest BCUT2D eigenvalue weighted by Crippen LogP contribution is 2.59. The van der Waals surface area contributed by atoms with Crippen LogP contribution in [0.5, 0.6) is 0 Å². The van der Waals surface area contributed by atoms with Crippen LogP contribution in [-0.4, -0.2) is 18.9 Å². The first-order valence-electron chi connectivity index (χ1n) is 20.8. The quantitative estimate of drug-likeness (QED) is 0.176. The summed E-state index contributed by atoms with van der Waals surface area (Å²) in [5.74, 6) is 1.93. The Bertz CT molecular complexity index is 3720. The maximum Gasteiger partial charge on any atom is 0.162 e. The van der Waals surface area contributed by atoms with Crippen molar-refractivity contribution in [1.82, 2.24) is 18.9 Å². The van der Waals surface area contributed by atoms with Gasteiger partial charge in [-0.25, -0.2) is 9.97 Å². The van der Waals surface area contributed by atoms with E-state index in [1.807, 2.05) is 0 Å². The lowest BCUT2D eigenvalue weighted by Crippen LogP contribution is -2.18. The van der Waals surface area contributed by atoms with Gasteiger partial charge in [0.1, 0.15) is 5.82 Å². The Labute approximate surface area is 340 Å².